The van der Waals surface area contributed by atoms with Gasteiger partial charge in [-0.1, -0.05) is 34.8 Å². The molecule has 21 heavy (non-hydrogen) atoms. The van der Waals surface area contributed by atoms with Crippen LogP contribution >= 0.6 is 34.8 Å². The molecule has 0 rings (SSSR count). The zero-order chi connectivity index (χ0) is 17.0. The summed E-state index contributed by atoms with van der Waals surface area (Å²) in [4.78, 5) is 34.2. The van der Waals surface area contributed by atoms with Crippen LogP contribution in [0.5, 0.6) is 0 Å². The minimum atomic E-state index is -2.31. The van der Waals surface area contributed by atoms with Crippen molar-refractivity contribution in [3.05, 3.63) is 0 Å². The highest BCUT2D eigenvalue weighted by Gasteiger charge is 2.36. The minimum Gasteiger partial charge on any atom is -0.480 e. The molecule has 0 spiro atoms. The summed E-state index contributed by atoms with van der Waals surface area (Å²) in [5, 5.41) is 13.4. The molecule has 2 atom stereocenters. The standard InChI is InChI=1S/C11H17Cl3N2O5/c1-5(15-9(20)21-10(2,3)4)6(7(17)18)16-8(19)11(12,13)14/h5-6H,1-4H3,(H,15,20)(H,16,19)(H,17,18)/t5-,6-/m0/s1. The number of hydrogen-bond donors (Lipinski definition) is 3. The number of hydrogen-bond acceptors (Lipinski definition) is 4. The van der Waals surface area contributed by atoms with E-state index in [4.69, 9.17) is 44.6 Å². The van der Waals surface area contributed by atoms with Crippen molar-refractivity contribution in [1.82, 2.24) is 10.6 Å². The molecule has 3 N–H and O–H groups in total. The van der Waals surface area contributed by atoms with Gasteiger partial charge < -0.3 is 20.5 Å². The van der Waals surface area contributed by atoms with Gasteiger partial charge in [-0.3, -0.25) is 4.79 Å². The van der Waals surface area contributed by atoms with Crippen molar-refractivity contribution in [3.63, 3.8) is 0 Å². The van der Waals surface area contributed by atoms with Crippen LogP contribution in [-0.2, 0) is 14.3 Å². The maximum Gasteiger partial charge on any atom is 0.407 e. The zero-order valence-corrected chi connectivity index (χ0v) is 14.1. The lowest BCUT2D eigenvalue weighted by atomic mass is 10.1. The molecule has 0 aliphatic heterocycles. The largest absolute Gasteiger partial charge is 0.480 e. The van der Waals surface area contributed by atoms with Gasteiger partial charge in [-0.05, 0) is 27.7 Å². The maximum absolute atomic E-state index is 11.6. The van der Waals surface area contributed by atoms with Crippen LogP contribution in [0.4, 0.5) is 4.79 Å². The Hall–Kier alpha value is -0.920. The molecular weight excluding hydrogens is 346 g/mol. The molecule has 0 radical (unpaired) electrons. The summed E-state index contributed by atoms with van der Waals surface area (Å²) in [7, 11) is 0. The van der Waals surface area contributed by atoms with Crippen LogP contribution in [0.15, 0.2) is 0 Å². The Morgan fingerprint density at radius 3 is 1.90 bits per heavy atom. The van der Waals surface area contributed by atoms with E-state index < -0.39 is 39.4 Å². The van der Waals surface area contributed by atoms with Crippen LogP contribution in [0.2, 0.25) is 0 Å². The molecule has 0 heterocycles. The van der Waals surface area contributed by atoms with Gasteiger partial charge in [-0.25, -0.2) is 9.59 Å². The third-order valence-electron chi connectivity index (χ3n) is 2.05. The molecule has 0 saturated carbocycles. The lowest BCUT2D eigenvalue weighted by Gasteiger charge is -2.26. The number of carboxylic acids is 1. The predicted molar refractivity (Wildman–Crippen MR) is 78.7 cm³/mol. The predicted octanol–water partition coefficient (Wildman–Crippen LogP) is 1.84. The highest BCUT2D eigenvalue weighted by atomic mass is 35.6. The number of carboxylic acid groups (broad SMARTS) is 1. The lowest BCUT2D eigenvalue weighted by Crippen LogP contribution is -2.56. The average Bonchev–Trinajstić information content (AvgIpc) is 2.19. The molecule has 0 aromatic heterocycles. The summed E-state index contributed by atoms with van der Waals surface area (Å²) in [6.45, 7) is 6.31. The van der Waals surface area contributed by atoms with E-state index in [1.807, 2.05) is 5.32 Å². The number of halogens is 3. The second-order valence-corrected chi connectivity index (χ2v) is 7.50. The molecule has 0 aromatic rings. The third kappa shape index (κ3) is 8.18. The van der Waals surface area contributed by atoms with Crippen molar-refractivity contribution in [1.29, 1.82) is 0 Å². The van der Waals surface area contributed by atoms with Crippen molar-refractivity contribution < 1.29 is 24.2 Å². The van der Waals surface area contributed by atoms with E-state index in [-0.39, 0.29) is 0 Å². The average molecular weight is 364 g/mol. The van der Waals surface area contributed by atoms with E-state index in [1.165, 1.54) is 6.92 Å². The number of amides is 2. The fourth-order valence-corrected chi connectivity index (χ4v) is 1.36. The highest BCUT2D eigenvalue weighted by Crippen LogP contribution is 2.26. The molecule has 7 nitrogen and oxygen atoms in total. The summed E-state index contributed by atoms with van der Waals surface area (Å²) in [5.74, 6) is -2.51. The van der Waals surface area contributed by atoms with Crippen LogP contribution in [0, 0.1) is 0 Å². The first kappa shape index (κ1) is 20.1. The quantitative estimate of drug-likeness (QED) is 0.661. The van der Waals surface area contributed by atoms with Gasteiger partial charge in [0.15, 0.2) is 0 Å². The molecule has 10 heteroatoms. The molecule has 0 aromatic carbocycles. The first-order valence-electron chi connectivity index (χ1n) is 5.84. The number of rotatable bonds is 4. The normalized spacial score (nSPS) is 14.8. The number of aliphatic carboxylic acids is 1. The summed E-state index contributed by atoms with van der Waals surface area (Å²) >= 11 is 16.0. The van der Waals surface area contributed by atoms with E-state index >= 15 is 0 Å². The molecule has 0 saturated heterocycles. The molecule has 0 aliphatic rings. The zero-order valence-electron chi connectivity index (χ0n) is 11.9. The Morgan fingerprint density at radius 1 is 1.10 bits per heavy atom. The highest BCUT2D eigenvalue weighted by molar-refractivity contribution is 6.76. The second-order valence-electron chi connectivity index (χ2n) is 5.22. The van der Waals surface area contributed by atoms with Crippen molar-refractivity contribution in [2.24, 2.45) is 0 Å². The second kappa shape index (κ2) is 7.38. The third-order valence-corrected chi connectivity index (χ3v) is 2.57. The SMILES string of the molecule is C[C@H](NC(=O)OC(C)(C)C)[C@H](NC(=O)C(Cl)(Cl)Cl)C(=O)O. The number of carbonyl (C=O) groups excluding carboxylic acids is 2. The maximum atomic E-state index is 11.6. The van der Waals surface area contributed by atoms with Gasteiger partial charge >= 0.3 is 12.1 Å². The Kier molecular flexibility index (Phi) is 7.05. The van der Waals surface area contributed by atoms with Crippen molar-refractivity contribution in [3.8, 4) is 0 Å². The molecule has 0 fully saturated rings. The Morgan fingerprint density at radius 2 is 1.57 bits per heavy atom. The molecule has 2 amide bonds. The van der Waals surface area contributed by atoms with Gasteiger partial charge in [-0.15, -0.1) is 0 Å². The van der Waals surface area contributed by atoms with E-state index in [1.54, 1.807) is 20.8 Å². The number of ether oxygens (including phenoxy) is 1. The van der Waals surface area contributed by atoms with Crippen molar-refractivity contribution in [2.45, 2.75) is 49.2 Å². The van der Waals surface area contributed by atoms with Gasteiger partial charge in [0.2, 0.25) is 0 Å². The van der Waals surface area contributed by atoms with E-state index in [2.05, 4.69) is 5.32 Å². The molecular formula is C11H17Cl3N2O5. The number of alkyl carbamates (subject to hydrolysis) is 1. The number of nitrogens with one attached hydrogen (secondary N) is 2. The van der Waals surface area contributed by atoms with Crippen LogP contribution in [0.3, 0.4) is 0 Å². The Balaban J connectivity index is 4.79. The van der Waals surface area contributed by atoms with Gasteiger partial charge in [0.1, 0.15) is 11.6 Å². The monoisotopic (exact) mass is 362 g/mol. The molecule has 122 valence electrons. The summed E-state index contributed by atoms with van der Waals surface area (Å²) in [6.07, 6.45) is -0.829. The number of carbonyl (C=O) groups is 3. The van der Waals surface area contributed by atoms with E-state index in [0.29, 0.717) is 0 Å². The fourth-order valence-electron chi connectivity index (χ4n) is 1.20. The van der Waals surface area contributed by atoms with E-state index in [0.717, 1.165) is 0 Å². The topological polar surface area (TPSA) is 105 Å². The number of alkyl halides is 3. The van der Waals surface area contributed by atoms with Crippen molar-refractivity contribution in [2.75, 3.05) is 0 Å². The first-order chi connectivity index (χ1) is 9.24. The first-order valence-corrected chi connectivity index (χ1v) is 6.97. The van der Waals surface area contributed by atoms with Crippen molar-refractivity contribution >= 4 is 52.8 Å². The molecule has 0 unspecified atom stereocenters. The molecule has 0 aliphatic carbocycles. The van der Waals surface area contributed by atoms with E-state index in [9.17, 15) is 14.4 Å². The van der Waals surface area contributed by atoms with Gasteiger partial charge in [0, 0.05) is 0 Å². The van der Waals surface area contributed by atoms with Crippen LogP contribution in [0.1, 0.15) is 27.7 Å². The summed E-state index contributed by atoms with van der Waals surface area (Å²) in [5.41, 5.74) is -0.747. The van der Waals surface area contributed by atoms with Crippen LogP contribution < -0.4 is 10.6 Å². The minimum absolute atomic E-state index is 0.747. The summed E-state index contributed by atoms with van der Waals surface area (Å²) < 4.78 is 2.67. The smallest absolute Gasteiger partial charge is 0.407 e. The van der Waals surface area contributed by atoms with Crippen LogP contribution in [0.25, 0.3) is 0 Å². The lowest BCUT2D eigenvalue weighted by molar-refractivity contribution is -0.142. The Labute approximate surface area is 137 Å². The van der Waals surface area contributed by atoms with Gasteiger partial charge in [0.05, 0.1) is 6.04 Å². The van der Waals surface area contributed by atoms with Gasteiger partial charge in [-0.2, -0.15) is 0 Å². The van der Waals surface area contributed by atoms with Crippen LogP contribution in [-0.4, -0.2) is 44.6 Å². The fraction of sp³-hybridized carbons (Fsp3) is 0.727. The summed E-state index contributed by atoms with van der Waals surface area (Å²) in [6, 6.07) is -2.48. The molecule has 0 bridgehead atoms. The Bertz CT molecular complexity index is 417. The van der Waals surface area contributed by atoms with Gasteiger partial charge in [0.25, 0.3) is 9.70 Å².